The van der Waals surface area contributed by atoms with Gasteiger partial charge in [0.15, 0.2) is 0 Å². The van der Waals surface area contributed by atoms with Gasteiger partial charge in [-0.05, 0) is 26.0 Å². The largest absolute Gasteiger partial charge is 0.489 e. The number of hydrogen-bond acceptors (Lipinski definition) is 3. The second-order valence-corrected chi connectivity index (χ2v) is 3.11. The van der Waals surface area contributed by atoms with E-state index in [0.717, 1.165) is 5.75 Å². The molecule has 0 spiro atoms. The predicted molar refractivity (Wildman–Crippen MR) is 57.4 cm³/mol. The van der Waals surface area contributed by atoms with Gasteiger partial charge in [-0.3, -0.25) is 0 Å². The smallest absolute Gasteiger partial charge is 0.142 e. The maximum Gasteiger partial charge on any atom is 0.142 e. The van der Waals surface area contributed by atoms with Gasteiger partial charge >= 0.3 is 0 Å². The highest BCUT2D eigenvalue weighted by Crippen LogP contribution is 2.19. The predicted octanol–water partition coefficient (Wildman–Crippen LogP) is 2.07. The summed E-state index contributed by atoms with van der Waals surface area (Å²) in [5, 5.41) is 0. The van der Waals surface area contributed by atoms with Crippen LogP contribution in [0, 0.1) is 0 Å². The van der Waals surface area contributed by atoms with E-state index in [0.29, 0.717) is 18.9 Å². The van der Waals surface area contributed by atoms with Crippen molar-refractivity contribution in [2.75, 3.05) is 18.9 Å². The fourth-order valence-corrected chi connectivity index (χ4v) is 1.15. The summed E-state index contributed by atoms with van der Waals surface area (Å²) < 4.78 is 10.8. The molecule has 0 radical (unpaired) electrons. The minimum absolute atomic E-state index is 0.0969. The van der Waals surface area contributed by atoms with Gasteiger partial charge < -0.3 is 15.2 Å². The summed E-state index contributed by atoms with van der Waals surface area (Å²) in [6.45, 7) is 5.17. The van der Waals surface area contributed by atoms with Gasteiger partial charge in [-0.15, -0.1) is 0 Å². The Morgan fingerprint density at radius 3 is 2.71 bits per heavy atom. The summed E-state index contributed by atoms with van der Waals surface area (Å²) >= 11 is 0. The first-order valence-corrected chi connectivity index (χ1v) is 4.83. The van der Waals surface area contributed by atoms with Crippen molar-refractivity contribution in [2.24, 2.45) is 0 Å². The second kappa shape index (κ2) is 5.50. The van der Waals surface area contributed by atoms with Gasteiger partial charge in [0.25, 0.3) is 0 Å². The molecule has 0 saturated heterocycles. The fourth-order valence-electron chi connectivity index (χ4n) is 1.15. The number of para-hydroxylation sites is 2. The van der Waals surface area contributed by atoms with Crippen molar-refractivity contribution in [1.82, 2.24) is 0 Å². The summed E-state index contributed by atoms with van der Waals surface area (Å²) in [6, 6.07) is 7.46. The molecule has 0 fully saturated rings. The molecule has 0 aliphatic carbocycles. The normalized spacial score (nSPS) is 12.4. The van der Waals surface area contributed by atoms with E-state index in [9.17, 15) is 0 Å². The van der Waals surface area contributed by atoms with Crippen LogP contribution in [0.4, 0.5) is 5.69 Å². The molecule has 1 unspecified atom stereocenters. The zero-order chi connectivity index (χ0) is 10.4. The van der Waals surface area contributed by atoms with Gasteiger partial charge in [0, 0.05) is 6.61 Å². The third-order valence-corrected chi connectivity index (χ3v) is 1.84. The maximum atomic E-state index is 5.71. The van der Waals surface area contributed by atoms with Crippen LogP contribution in [-0.2, 0) is 4.74 Å². The number of nitrogens with two attached hydrogens (primary N) is 1. The molecule has 0 amide bonds. The van der Waals surface area contributed by atoms with Crippen LogP contribution in [0.2, 0.25) is 0 Å². The van der Waals surface area contributed by atoms with Crippen molar-refractivity contribution < 1.29 is 9.47 Å². The quantitative estimate of drug-likeness (QED) is 0.731. The molecule has 78 valence electrons. The Balaban J connectivity index is 2.41. The molecule has 1 rings (SSSR count). The first kappa shape index (κ1) is 10.9. The Morgan fingerprint density at radius 1 is 1.36 bits per heavy atom. The summed E-state index contributed by atoms with van der Waals surface area (Å²) in [5.74, 6) is 0.721. The third-order valence-electron chi connectivity index (χ3n) is 1.84. The first-order valence-electron chi connectivity index (χ1n) is 4.83. The van der Waals surface area contributed by atoms with Crippen LogP contribution in [0.15, 0.2) is 24.3 Å². The number of ether oxygens (including phenoxy) is 2. The Morgan fingerprint density at radius 2 is 2.07 bits per heavy atom. The van der Waals surface area contributed by atoms with Gasteiger partial charge in [0.05, 0.1) is 11.8 Å². The molecule has 0 bridgehead atoms. The van der Waals surface area contributed by atoms with Crippen LogP contribution in [-0.4, -0.2) is 19.3 Å². The van der Waals surface area contributed by atoms with E-state index in [4.69, 9.17) is 15.2 Å². The van der Waals surface area contributed by atoms with E-state index in [1.54, 1.807) is 0 Å². The van der Waals surface area contributed by atoms with E-state index in [2.05, 4.69) is 0 Å². The van der Waals surface area contributed by atoms with E-state index >= 15 is 0 Å². The van der Waals surface area contributed by atoms with Gasteiger partial charge in [0.2, 0.25) is 0 Å². The molecule has 14 heavy (non-hydrogen) atoms. The SMILES string of the molecule is CCOC(C)COc1ccccc1N. The first-order chi connectivity index (χ1) is 6.74. The summed E-state index contributed by atoms with van der Waals surface area (Å²) in [6.07, 6.45) is 0.0969. The lowest BCUT2D eigenvalue weighted by Crippen LogP contribution is -2.18. The minimum Gasteiger partial charge on any atom is -0.489 e. The van der Waals surface area contributed by atoms with E-state index in [-0.39, 0.29) is 6.10 Å². The molecular formula is C11H17NO2. The lowest BCUT2D eigenvalue weighted by molar-refractivity contribution is 0.0404. The molecule has 0 aliphatic heterocycles. The highest BCUT2D eigenvalue weighted by atomic mass is 16.5. The number of hydrogen-bond donors (Lipinski definition) is 1. The van der Waals surface area contributed by atoms with Crippen LogP contribution in [0.1, 0.15) is 13.8 Å². The summed E-state index contributed by atoms with van der Waals surface area (Å²) in [7, 11) is 0. The van der Waals surface area contributed by atoms with E-state index in [1.807, 2.05) is 38.1 Å². The van der Waals surface area contributed by atoms with Gasteiger partial charge in [0.1, 0.15) is 12.4 Å². The van der Waals surface area contributed by atoms with E-state index in [1.165, 1.54) is 0 Å². The van der Waals surface area contributed by atoms with Crippen LogP contribution in [0.25, 0.3) is 0 Å². The topological polar surface area (TPSA) is 44.5 Å². The van der Waals surface area contributed by atoms with Gasteiger partial charge in [-0.25, -0.2) is 0 Å². The lowest BCUT2D eigenvalue weighted by atomic mass is 10.3. The summed E-state index contributed by atoms with van der Waals surface area (Å²) in [5.41, 5.74) is 6.38. The lowest BCUT2D eigenvalue weighted by Gasteiger charge is -2.13. The third kappa shape index (κ3) is 3.26. The van der Waals surface area contributed by atoms with E-state index < -0.39 is 0 Å². The highest BCUT2D eigenvalue weighted by molar-refractivity contribution is 5.51. The summed E-state index contributed by atoms with van der Waals surface area (Å²) in [4.78, 5) is 0. The standard InChI is InChI=1S/C11H17NO2/c1-3-13-9(2)8-14-11-7-5-4-6-10(11)12/h4-7,9H,3,8,12H2,1-2H3. The molecule has 1 aromatic rings. The van der Waals surface area contributed by atoms with Crippen molar-refractivity contribution >= 4 is 5.69 Å². The molecule has 2 N–H and O–H groups in total. The van der Waals surface area contributed by atoms with Crippen molar-refractivity contribution in [1.29, 1.82) is 0 Å². The molecule has 1 aromatic carbocycles. The average Bonchev–Trinajstić information content (AvgIpc) is 2.17. The van der Waals surface area contributed by atoms with Crippen molar-refractivity contribution in [3.63, 3.8) is 0 Å². The van der Waals surface area contributed by atoms with Crippen molar-refractivity contribution in [2.45, 2.75) is 20.0 Å². The van der Waals surface area contributed by atoms with Crippen LogP contribution in [0.5, 0.6) is 5.75 Å². The number of nitrogen functional groups attached to an aromatic ring is 1. The van der Waals surface area contributed by atoms with Crippen LogP contribution in [0.3, 0.4) is 0 Å². The Labute approximate surface area is 84.8 Å². The van der Waals surface area contributed by atoms with Gasteiger partial charge in [-0.1, -0.05) is 12.1 Å². The molecule has 0 saturated carbocycles. The second-order valence-electron chi connectivity index (χ2n) is 3.11. The number of anilines is 1. The average molecular weight is 195 g/mol. The Kier molecular flexibility index (Phi) is 4.26. The van der Waals surface area contributed by atoms with Crippen LogP contribution < -0.4 is 10.5 Å². The zero-order valence-electron chi connectivity index (χ0n) is 8.69. The van der Waals surface area contributed by atoms with Gasteiger partial charge in [-0.2, -0.15) is 0 Å². The molecule has 0 heterocycles. The molecular weight excluding hydrogens is 178 g/mol. The Bertz CT molecular complexity index is 276. The molecule has 1 atom stereocenters. The van der Waals surface area contributed by atoms with Crippen molar-refractivity contribution in [3.05, 3.63) is 24.3 Å². The minimum atomic E-state index is 0.0969. The molecule has 3 nitrogen and oxygen atoms in total. The maximum absolute atomic E-state index is 5.71. The fraction of sp³-hybridized carbons (Fsp3) is 0.455. The monoisotopic (exact) mass is 195 g/mol. The number of benzene rings is 1. The molecule has 0 aliphatic rings. The van der Waals surface area contributed by atoms with Crippen molar-refractivity contribution in [3.8, 4) is 5.75 Å². The zero-order valence-corrected chi connectivity index (χ0v) is 8.69. The highest BCUT2D eigenvalue weighted by Gasteiger charge is 2.03. The molecule has 0 aromatic heterocycles. The molecule has 3 heteroatoms. The Hall–Kier alpha value is -1.22. The van der Waals surface area contributed by atoms with Crippen LogP contribution >= 0.6 is 0 Å². The number of rotatable bonds is 5.